The fourth-order valence-corrected chi connectivity index (χ4v) is 5.63. The number of piperidine rings is 1. The predicted octanol–water partition coefficient (Wildman–Crippen LogP) is 4.15. The molecule has 0 unspecified atom stereocenters. The van der Waals surface area contributed by atoms with Crippen molar-refractivity contribution in [3.8, 4) is 0 Å². The highest BCUT2D eigenvalue weighted by Crippen LogP contribution is 2.30. The number of benzene rings is 1. The van der Waals surface area contributed by atoms with Crippen molar-refractivity contribution < 1.29 is 9.21 Å². The molecule has 1 aromatic carbocycles. The number of rotatable bonds is 4. The van der Waals surface area contributed by atoms with Gasteiger partial charge in [-0.25, -0.2) is 9.97 Å². The number of carbonyl (C=O) groups is 1. The van der Waals surface area contributed by atoms with E-state index in [2.05, 4.69) is 9.30 Å². The van der Waals surface area contributed by atoms with Crippen molar-refractivity contribution in [1.82, 2.24) is 24.2 Å². The van der Waals surface area contributed by atoms with Gasteiger partial charge in [-0.1, -0.05) is 12.1 Å². The average Bonchev–Trinajstić information content (AvgIpc) is 3.58. The van der Waals surface area contributed by atoms with E-state index in [9.17, 15) is 4.79 Å². The van der Waals surface area contributed by atoms with E-state index in [1.165, 1.54) is 0 Å². The highest BCUT2D eigenvalue weighted by molar-refractivity contribution is 7.15. The summed E-state index contributed by atoms with van der Waals surface area (Å²) >= 11 is 1.58. The lowest BCUT2D eigenvalue weighted by Crippen LogP contribution is -2.35. The molecule has 0 saturated carbocycles. The zero-order valence-electron chi connectivity index (χ0n) is 17.4. The molecule has 0 bridgehead atoms. The fraction of sp³-hybridized carbons (Fsp3) is 0.435. The average molecular weight is 436 g/mol. The highest BCUT2D eigenvalue weighted by atomic mass is 32.1. The normalized spacial score (nSPS) is 20.3. The Bertz CT molecular complexity index is 1200. The number of aromatic nitrogens is 3. The highest BCUT2D eigenvalue weighted by Gasteiger charge is 2.30. The molecule has 1 atom stereocenters. The van der Waals surface area contributed by atoms with Crippen LogP contribution < -0.4 is 0 Å². The Hall–Kier alpha value is -2.71. The fourth-order valence-electron chi connectivity index (χ4n) is 4.90. The molecule has 7 nitrogen and oxygen atoms in total. The molecule has 2 saturated heterocycles. The summed E-state index contributed by atoms with van der Waals surface area (Å²) in [7, 11) is 0. The van der Waals surface area contributed by atoms with Crippen molar-refractivity contribution in [3.63, 3.8) is 0 Å². The quantitative estimate of drug-likeness (QED) is 0.482. The predicted molar refractivity (Wildman–Crippen MR) is 119 cm³/mol. The summed E-state index contributed by atoms with van der Waals surface area (Å²) in [4.78, 5) is 27.9. The first kappa shape index (κ1) is 19.0. The Morgan fingerprint density at radius 2 is 2.00 bits per heavy atom. The molecule has 0 N–H and O–H groups in total. The van der Waals surface area contributed by atoms with Gasteiger partial charge in [-0.2, -0.15) is 0 Å². The maximum atomic E-state index is 13.2. The Morgan fingerprint density at radius 1 is 1.13 bits per heavy atom. The van der Waals surface area contributed by atoms with E-state index in [1.807, 2.05) is 40.7 Å². The second-order valence-electron chi connectivity index (χ2n) is 8.56. The van der Waals surface area contributed by atoms with Gasteiger partial charge in [-0.15, -0.1) is 11.3 Å². The van der Waals surface area contributed by atoms with E-state index < -0.39 is 0 Å². The third-order valence-electron chi connectivity index (χ3n) is 6.50. The first-order valence-corrected chi connectivity index (χ1v) is 12.0. The van der Waals surface area contributed by atoms with Gasteiger partial charge in [0.25, 0.3) is 5.91 Å². The van der Waals surface area contributed by atoms with E-state index in [0.717, 1.165) is 79.5 Å². The lowest BCUT2D eigenvalue weighted by Gasteiger charge is -2.31. The first-order valence-electron chi connectivity index (χ1n) is 11.1. The van der Waals surface area contributed by atoms with Crippen LogP contribution in [0.1, 0.15) is 53.7 Å². The lowest BCUT2D eigenvalue weighted by atomic mass is 9.97. The number of carbonyl (C=O) groups excluding carboxylic acids is 1. The molecule has 8 heteroatoms. The van der Waals surface area contributed by atoms with E-state index >= 15 is 0 Å². The number of hydrogen-bond donors (Lipinski definition) is 0. The summed E-state index contributed by atoms with van der Waals surface area (Å²) < 4.78 is 8.16. The number of imidazole rings is 1. The minimum absolute atomic E-state index is 0.0795. The summed E-state index contributed by atoms with van der Waals surface area (Å²) in [6, 6.07) is 7.95. The lowest BCUT2D eigenvalue weighted by molar-refractivity contribution is 0.0784. The van der Waals surface area contributed by atoms with Crippen LogP contribution in [0.3, 0.4) is 0 Å². The molecule has 6 rings (SSSR count). The van der Waals surface area contributed by atoms with Crippen LogP contribution in [0.2, 0.25) is 0 Å². The van der Waals surface area contributed by atoms with Crippen LogP contribution in [-0.4, -0.2) is 56.3 Å². The van der Waals surface area contributed by atoms with Crippen LogP contribution >= 0.6 is 11.3 Å². The molecule has 0 spiro atoms. The van der Waals surface area contributed by atoms with Crippen LogP contribution in [0.5, 0.6) is 0 Å². The van der Waals surface area contributed by atoms with Gasteiger partial charge in [0.05, 0.1) is 5.69 Å². The zero-order chi connectivity index (χ0) is 20.8. The standard InChI is InChI=1S/C23H25N5O2S/c29-22(27-10-3-4-11-27)20-18(28-12-13-31-23(28)25-20)15-26-9-5-6-16(14-26)21-24-17-7-1-2-8-19(17)30-21/h1-2,7-8,12-13,16H,3-6,9-11,14-15H2/t16-/m0/s1. The van der Waals surface area contributed by atoms with Gasteiger partial charge in [0.2, 0.25) is 0 Å². The number of para-hydroxylation sites is 2. The van der Waals surface area contributed by atoms with Crippen LogP contribution in [0, 0.1) is 0 Å². The maximum Gasteiger partial charge on any atom is 0.274 e. The third kappa shape index (κ3) is 3.43. The minimum atomic E-state index is 0.0795. The number of thiazole rings is 1. The smallest absolute Gasteiger partial charge is 0.274 e. The maximum absolute atomic E-state index is 13.2. The largest absolute Gasteiger partial charge is 0.440 e. The number of hydrogen-bond acceptors (Lipinski definition) is 6. The van der Waals surface area contributed by atoms with Crippen molar-refractivity contribution in [3.05, 3.63) is 53.1 Å². The Balaban J connectivity index is 1.26. The molecule has 2 aliphatic rings. The van der Waals surface area contributed by atoms with Gasteiger partial charge >= 0.3 is 0 Å². The zero-order valence-corrected chi connectivity index (χ0v) is 18.2. The minimum Gasteiger partial charge on any atom is -0.440 e. The number of fused-ring (bicyclic) bond motifs is 2. The molecule has 31 heavy (non-hydrogen) atoms. The molecule has 4 aromatic rings. The number of oxazole rings is 1. The van der Waals surface area contributed by atoms with Gasteiger partial charge in [-0.05, 0) is 44.4 Å². The van der Waals surface area contributed by atoms with Crippen molar-refractivity contribution >= 4 is 33.3 Å². The molecule has 0 aliphatic carbocycles. The van der Waals surface area contributed by atoms with Crippen molar-refractivity contribution in [1.29, 1.82) is 0 Å². The van der Waals surface area contributed by atoms with E-state index in [-0.39, 0.29) is 11.8 Å². The van der Waals surface area contributed by atoms with E-state index in [0.29, 0.717) is 12.2 Å². The first-order chi connectivity index (χ1) is 15.3. The molecule has 1 amide bonds. The van der Waals surface area contributed by atoms with Crippen molar-refractivity contribution in [2.24, 2.45) is 0 Å². The SMILES string of the molecule is O=C(c1nc2sccn2c1CN1CCC[C@H](c2nc3ccccc3o2)C1)N1CCCC1. The van der Waals surface area contributed by atoms with Crippen LogP contribution in [0.15, 0.2) is 40.3 Å². The number of amides is 1. The third-order valence-corrected chi connectivity index (χ3v) is 7.25. The second kappa shape index (κ2) is 7.76. The Morgan fingerprint density at radius 3 is 2.87 bits per heavy atom. The molecule has 3 aromatic heterocycles. The van der Waals surface area contributed by atoms with Gasteiger partial charge < -0.3 is 9.32 Å². The van der Waals surface area contributed by atoms with Crippen LogP contribution in [-0.2, 0) is 6.54 Å². The topological polar surface area (TPSA) is 66.9 Å². The monoisotopic (exact) mass is 435 g/mol. The summed E-state index contributed by atoms with van der Waals surface area (Å²) in [6.07, 6.45) is 6.36. The Labute approximate surface area is 184 Å². The van der Waals surface area contributed by atoms with Crippen LogP contribution in [0.25, 0.3) is 16.1 Å². The Kier molecular flexibility index (Phi) is 4.76. The summed E-state index contributed by atoms with van der Waals surface area (Å²) in [5.41, 5.74) is 3.40. The molecule has 2 aliphatic heterocycles. The van der Waals surface area contributed by atoms with Gasteiger partial charge in [0, 0.05) is 43.7 Å². The molecule has 160 valence electrons. The summed E-state index contributed by atoms with van der Waals surface area (Å²) in [6.45, 7) is 4.27. The molecule has 5 heterocycles. The van der Waals surface area contributed by atoms with Crippen LogP contribution in [0.4, 0.5) is 0 Å². The molecule has 2 fully saturated rings. The summed E-state index contributed by atoms with van der Waals surface area (Å²) in [5, 5.41) is 2.03. The molecule has 0 radical (unpaired) electrons. The van der Waals surface area contributed by atoms with Crippen molar-refractivity contribution in [2.45, 2.75) is 38.1 Å². The second-order valence-corrected chi connectivity index (χ2v) is 9.43. The van der Waals surface area contributed by atoms with E-state index in [4.69, 9.17) is 14.4 Å². The van der Waals surface area contributed by atoms with E-state index in [1.54, 1.807) is 11.3 Å². The van der Waals surface area contributed by atoms with Gasteiger partial charge in [0.1, 0.15) is 5.52 Å². The summed E-state index contributed by atoms with van der Waals surface area (Å²) in [5.74, 6) is 1.17. The number of likely N-dealkylation sites (tertiary alicyclic amines) is 2. The molecular weight excluding hydrogens is 410 g/mol. The van der Waals surface area contributed by atoms with Crippen molar-refractivity contribution in [2.75, 3.05) is 26.2 Å². The van der Waals surface area contributed by atoms with Gasteiger partial charge in [-0.3, -0.25) is 14.1 Å². The number of nitrogens with zero attached hydrogens (tertiary/aromatic N) is 5. The molecular formula is C23H25N5O2S. The van der Waals surface area contributed by atoms with Gasteiger partial charge in [0.15, 0.2) is 22.1 Å².